The van der Waals surface area contributed by atoms with E-state index in [1.807, 2.05) is 19.1 Å². The van der Waals surface area contributed by atoms with Crippen molar-refractivity contribution in [1.29, 1.82) is 0 Å². The zero-order valence-electron chi connectivity index (χ0n) is 11.2. The van der Waals surface area contributed by atoms with E-state index in [0.29, 0.717) is 24.7 Å². The summed E-state index contributed by atoms with van der Waals surface area (Å²) in [5.41, 5.74) is 0.203. The molecule has 0 unspecified atom stereocenters. The predicted molar refractivity (Wildman–Crippen MR) is 75.0 cm³/mol. The fourth-order valence-electron chi connectivity index (χ4n) is 2.18. The van der Waals surface area contributed by atoms with Gasteiger partial charge in [-0.15, -0.1) is 0 Å². The first-order chi connectivity index (χ1) is 8.88. The number of likely N-dealkylation sites (tertiary alicyclic amines) is 1. The van der Waals surface area contributed by atoms with Crippen LogP contribution in [0.4, 0.5) is 4.79 Å². The number of amides is 2. The van der Waals surface area contributed by atoms with Crippen LogP contribution in [-0.2, 0) is 6.54 Å². The van der Waals surface area contributed by atoms with Crippen LogP contribution in [-0.4, -0.2) is 34.7 Å². The summed E-state index contributed by atoms with van der Waals surface area (Å²) in [6.07, 6.45) is 0. The van der Waals surface area contributed by atoms with E-state index in [1.54, 1.807) is 24.0 Å². The second-order valence-corrected chi connectivity index (χ2v) is 5.86. The van der Waals surface area contributed by atoms with Gasteiger partial charge in [-0.05, 0) is 24.6 Å². The molecule has 0 bridgehead atoms. The van der Waals surface area contributed by atoms with Crippen LogP contribution < -0.4 is 5.32 Å². The number of carbonyl (C=O) groups is 1. The Kier molecular flexibility index (Phi) is 4.02. The lowest BCUT2D eigenvalue weighted by Gasteiger charge is -2.20. The highest BCUT2D eigenvalue weighted by atomic mass is 35.5. The second-order valence-electron chi connectivity index (χ2n) is 5.42. The van der Waals surface area contributed by atoms with Gasteiger partial charge in [0.15, 0.2) is 0 Å². The molecule has 19 heavy (non-hydrogen) atoms. The second kappa shape index (κ2) is 5.39. The lowest BCUT2D eigenvalue weighted by Crippen LogP contribution is -2.40. The number of nitrogens with one attached hydrogen (secondary N) is 1. The molecule has 2 N–H and O–H groups in total. The number of hydrogen-bond donors (Lipinski definition) is 2. The van der Waals surface area contributed by atoms with Gasteiger partial charge in [0.05, 0.1) is 12.1 Å². The highest BCUT2D eigenvalue weighted by Gasteiger charge is 2.40. The largest absolute Gasteiger partial charge is 0.388 e. The molecule has 4 nitrogen and oxygen atoms in total. The number of urea groups is 1. The molecular weight excluding hydrogens is 264 g/mol. The summed E-state index contributed by atoms with van der Waals surface area (Å²) in [7, 11) is 0. The van der Waals surface area contributed by atoms with E-state index in [4.69, 9.17) is 11.6 Å². The molecule has 0 radical (unpaired) electrons. The number of carbonyl (C=O) groups excluding carboxylic acids is 1. The van der Waals surface area contributed by atoms with Crippen molar-refractivity contribution in [2.75, 3.05) is 13.1 Å². The molecule has 0 saturated carbocycles. The Hall–Kier alpha value is -1.26. The van der Waals surface area contributed by atoms with Crippen LogP contribution in [0.25, 0.3) is 0 Å². The molecule has 5 heteroatoms. The van der Waals surface area contributed by atoms with E-state index >= 15 is 0 Å². The van der Waals surface area contributed by atoms with Crippen molar-refractivity contribution in [2.45, 2.75) is 26.0 Å². The van der Waals surface area contributed by atoms with Gasteiger partial charge in [0.25, 0.3) is 0 Å². The third kappa shape index (κ3) is 3.39. The minimum atomic E-state index is -0.794. The van der Waals surface area contributed by atoms with Gasteiger partial charge in [-0.25, -0.2) is 4.79 Å². The lowest BCUT2D eigenvalue weighted by atomic mass is 9.95. The van der Waals surface area contributed by atoms with Crippen molar-refractivity contribution < 1.29 is 9.90 Å². The van der Waals surface area contributed by atoms with Crippen LogP contribution >= 0.6 is 11.6 Å². The highest BCUT2D eigenvalue weighted by molar-refractivity contribution is 6.30. The third-order valence-electron chi connectivity index (χ3n) is 3.71. The van der Waals surface area contributed by atoms with E-state index < -0.39 is 5.60 Å². The summed E-state index contributed by atoms with van der Waals surface area (Å²) in [4.78, 5) is 13.6. The maximum Gasteiger partial charge on any atom is 0.317 e. The summed E-state index contributed by atoms with van der Waals surface area (Å²) in [5, 5.41) is 13.6. The van der Waals surface area contributed by atoms with Crippen LogP contribution in [0, 0.1) is 5.92 Å². The Balaban J connectivity index is 1.87. The van der Waals surface area contributed by atoms with Crippen LogP contribution in [0.15, 0.2) is 24.3 Å². The van der Waals surface area contributed by atoms with E-state index in [2.05, 4.69) is 5.32 Å². The molecule has 1 fully saturated rings. The third-order valence-corrected chi connectivity index (χ3v) is 3.96. The van der Waals surface area contributed by atoms with Crippen molar-refractivity contribution >= 4 is 17.6 Å². The minimum absolute atomic E-state index is 0.0915. The number of benzene rings is 1. The topological polar surface area (TPSA) is 52.6 Å². The molecule has 104 valence electrons. The summed E-state index contributed by atoms with van der Waals surface area (Å²) >= 11 is 5.80. The smallest absolute Gasteiger partial charge is 0.317 e. The fraction of sp³-hybridized carbons (Fsp3) is 0.500. The molecule has 1 aliphatic rings. The number of rotatable bonds is 2. The first kappa shape index (κ1) is 14.2. The van der Waals surface area contributed by atoms with Crippen molar-refractivity contribution in [1.82, 2.24) is 10.2 Å². The average Bonchev–Trinajstić information content (AvgIpc) is 2.63. The van der Waals surface area contributed by atoms with Crippen LogP contribution in [0.5, 0.6) is 0 Å². The zero-order valence-corrected chi connectivity index (χ0v) is 11.9. The highest BCUT2D eigenvalue weighted by Crippen LogP contribution is 2.26. The van der Waals surface area contributed by atoms with Crippen LogP contribution in [0.3, 0.4) is 0 Å². The zero-order chi connectivity index (χ0) is 14.0. The van der Waals surface area contributed by atoms with Gasteiger partial charge in [0.2, 0.25) is 0 Å². The summed E-state index contributed by atoms with van der Waals surface area (Å²) < 4.78 is 0. The summed E-state index contributed by atoms with van der Waals surface area (Å²) in [6.45, 7) is 5.14. The van der Waals surface area contributed by atoms with Gasteiger partial charge < -0.3 is 15.3 Å². The first-order valence-electron chi connectivity index (χ1n) is 6.38. The Bertz CT molecular complexity index is 459. The fourth-order valence-corrected chi connectivity index (χ4v) is 2.31. The molecule has 1 aromatic rings. The first-order valence-corrected chi connectivity index (χ1v) is 6.76. The molecule has 1 heterocycles. The van der Waals surface area contributed by atoms with E-state index in [9.17, 15) is 9.90 Å². The summed E-state index contributed by atoms with van der Waals surface area (Å²) in [5.74, 6) is 0.0915. The maximum absolute atomic E-state index is 12.0. The Labute approximate surface area is 118 Å². The molecule has 1 aromatic carbocycles. The molecule has 1 aliphatic heterocycles. The number of β-amino-alcohol motifs (C(OH)–C–C–N with tert-alkyl or cyclic N) is 1. The van der Waals surface area contributed by atoms with Gasteiger partial charge in [-0.1, -0.05) is 30.7 Å². The van der Waals surface area contributed by atoms with Crippen molar-refractivity contribution in [3.8, 4) is 0 Å². The maximum atomic E-state index is 12.0. The Morgan fingerprint density at radius 2 is 2.16 bits per heavy atom. The summed E-state index contributed by atoms with van der Waals surface area (Å²) in [6, 6.07) is 7.22. The minimum Gasteiger partial charge on any atom is -0.388 e. The standard InChI is InChI=1S/C14H19ClN2O2/c1-10-8-17(9-14(10,2)19)13(18)16-7-11-3-5-12(15)6-4-11/h3-6,10,19H,7-9H2,1-2H3,(H,16,18)/t10-,14+/m1/s1. The van der Waals surface area contributed by atoms with Gasteiger partial charge >= 0.3 is 6.03 Å². The van der Waals surface area contributed by atoms with Gasteiger partial charge in [0, 0.05) is 24.0 Å². The van der Waals surface area contributed by atoms with Gasteiger partial charge in [-0.2, -0.15) is 0 Å². The molecule has 2 rings (SSSR count). The predicted octanol–water partition coefficient (Wildman–Crippen LogP) is 2.25. The van der Waals surface area contributed by atoms with E-state index in [1.165, 1.54) is 0 Å². The number of halogens is 1. The normalized spacial score (nSPS) is 26.5. The van der Waals surface area contributed by atoms with Crippen molar-refractivity contribution in [2.24, 2.45) is 5.92 Å². The van der Waals surface area contributed by atoms with Crippen LogP contribution in [0.2, 0.25) is 5.02 Å². The Morgan fingerprint density at radius 1 is 1.53 bits per heavy atom. The van der Waals surface area contributed by atoms with Gasteiger partial charge in [-0.3, -0.25) is 0 Å². The molecule has 0 aliphatic carbocycles. The molecule has 2 amide bonds. The van der Waals surface area contributed by atoms with Crippen molar-refractivity contribution in [3.05, 3.63) is 34.9 Å². The lowest BCUT2D eigenvalue weighted by molar-refractivity contribution is 0.0386. The molecule has 2 atom stereocenters. The number of nitrogens with zero attached hydrogens (tertiary/aromatic N) is 1. The number of aliphatic hydroxyl groups is 1. The monoisotopic (exact) mass is 282 g/mol. The average molecular weight is 283 g/mol. The SMILES string of the molecule is C[C@@H]1CN(C(=O)NCc2ccc(Cl)cc2)C[C@]1(C)O. The van der Waals surface area contributed by atoms with Crippen molar-refractivity contribution in [3.63, 3.8) is 0 Å². The molecule has 0 aromatic heterocycles. The van der Waals surface area contributed by atoms with Gasteiger partial charge in [0.1, 0.15) is 0 Å². The quantitative estimate of drug-likeness (QED) is 0.874. The molecule has 0 spiro atoms. The molecular formula is C14H19ClN2O2. The molecule has 1 saturated heterocycles. The van der Waals surface area contributed by atoms with E-state index in [-0.39, 0.29) is 11.9 Å². The van der Waals surface area contributed by atoms with E-state index in [0.717, 1.165) is 5.56 Å². The van der Waals surface area contributed by atoms with Crippen LogP contribution in [0.1, 0.15) is 19.4 Å². The Morgan fingerprint density at radius 3 is 2.68 bits per heavy atom. The number of hydrogen-bond acceptors (Lipinski definition) is 2.